The summed E-state index contributed by atoms with van der Waals surface area (Å²) in [6.07, 6.45) is 6.15. The van der Waals surface area contributed by atoms with Gasteiger partial charge in [-0.3, -0.25) is 14.9 Å². The van der Waals surface area contributed by atoms with Crippen molar-refractivity contribution in [3.63, 3.8) is 0 Å². The van der Waals surface area contributed by atoms with E-state index < -0.39 is 11.8 Å². The third-order valence-electron chi connectivity index (χ3n) is 3.88. The second-order valence-corrected chi connectivity index (χ2v) is 7.33. The number of halogens is 1. The van der Waals surface area contributed by atoms with Gasteiger partial charge in [0, 0.05) is 22.7 Å². The standard InChI is InChI=1S/C22H18ClN3O3S/c1-29-18-9-4-15(5-10-18)6-11-20(27)25-19(14-16-2-7-17(23)8-3-16)21(28)26-22-24-12-13-30-22/h2-14H,1H3,(H,25,27)(H,24,26,28)/b11-6+,19-14-. The Balaban J connectivity index is 1.76. The molecule has 0 saturated heterocycles. The van der Waals surface area contributed by atoms with Gasteiger partial charge in [0.15, 0.2) is 5.13 Å². The van der Waals surface area contributed by atoms with Crippen LogP contribution < -0.4 is 15.4 Å². The smallest absolute Gasteiger partial charge is 0.273 e. The number of nitrogens with zero attached hydrogens (tertiary/aromatic N) is 1. The van der Waals surface area contributed by atoms with E-state index in [9.17, 15) is 9.59 Å². The summed E-state index contributed by atoms with van der Waals surface area (Å²) in [7, 11) is 1.59. The van der Waals surface area contributed by atoms with Crippen molar-refractivity contribution in [1.82, 2.24) is 10.3 Å². The Hall–Kier alpha value is -3.42. The van der Waals surface area contributed by atoms with Gasteiger partial charge in [-0.2, -0.15) is 0 Å². The number of benzene rings is 2. The highest BCUT2D eigenvalue weighted by molar-refractivity contribution is 7.13. The third-order valence-corrected chi connectivity index (χ3v) is 4.82. The van der Waals surface area contributed by atoms with Gasteiger partial charge in [0.2, 0.25) is 5.91 Å². The van der Waals surface area contributed by atoms with Crippen LogP contribution in [0.3, 0.4) is 0 Å². The molecule has 0 atom stereocenters. The highest BCUT2D eigenvalue weighted by atomic mass is 35.5. The molecular weight excluding hydrogens is 422 g/mol. The van der Waals surface area contributed by atoms with E-state index in [-0.39, 0.29) is 5.70 Å². The summed E-state index contributed by atoms with van der Waals surface area (Å²) in [6, 6.07) is 14.1. The Morgan fingerprint density at radius 1 is 1.07 bits per heavy atom. The fourth-order valence-electron chi connectivity index (χ4n) is 2.40. The number of hydrogen-bond acceptors (Lipinski definition) is 5. The van der Waals surface area contributed by atoms with Crippen molar-refractivity contribution in [3.8, 4) is 5.75 Å². The molecule has 0 bridgehead atoms. The monoisotopic (exact) mass is 439 g/mol. The lowest BCUT2D eigenvalue weighted by atomic mass is 10.2. The number of anilines is 1. The average Bonchev–Trinajstić information content (AvgIpc) is 3.26. The number of carbonyl (C=O) groups excluding carboxylic acids is 2. The predicted molar refractivity (Wildman–Crippen MR) is 120 cm³/mol. The Morgan fingerprint density at radius 2 is 1.77 bits per heavy atom. The minimum atomic E-state index is -0.480. The van der Waals surface area contributed by atoms with Gasteiger partial charge in [0.05, 0.1) is 7.11 Å². The third kappa shape index (κ3) is 6.30. The molecule has 2 aromatic carbocycles. The van der Waals surface area contributed by atoms with Crippen molar-refractivity contribution >= 4 is 52.0 Å². The fourth-order valence-corrected chi connectivity index (χ4v) is 3.04. The van der Waals surface area contributed by atoms with Gasteiger partial charge in [-0.25, -0.2) is 4.98 Å². The molecule has 1 aromatic heterocycles. The first-order valence-corrected chi connectivity index (χ1v) is 10.1. The molecule has 6 nitrogen and oxygen atoms in total. The van der Waals surface area contributed by atoms with Crippen molar-refractivity contribution in [2.45, 2.75) is 0 Å². The molecule has 2 amide bonds. The van der Waals surface area contributed by atoms with Crippen LogP contribution in [0.5, 0.6) is 5.75 Å². The van der Waals surface area contributed by atoms with E-state index in [0.29, 0.717) is 15.7 Å². The molecule has 0 unspecified atom stereocenters. The molecule has 3 aromatic rings. The Kier molecular flexibility index (Phi) is 7.37. The zero-order valence-electron chi connectivity index (χ0n) is 16.0. The summed E-state index contributed by atoms with van der Waals surface area (Å²) in [6.45, 7) is 0. The molecule has 0 fully saturated rings. The van der Waals surface area contributed by atoms with E-state index in [1.165, 1.54) is 17.4 Å². The van der Waals surface area contributed by atoms with Crippen molar-refractivity contribution < 1.29 is 14.3 Å². The lowest BCUT2D eigenvalue weighted by Gasteiger charge is -2.08. The van der Waals surface area contributed by atoms with Crippen molar-refractivity contribution in [2.24, 2.45) is 0 Å². The Bertz CT molecular complexity index is 1060. The van der Waals surface area contributed by atoms with Gasteiger partial charge in [0.25, 0.3) is 5.91 Å². The van der Waals surface area contributed by atoms with Gasteiger partial charge in [-0.1, -0.05) is 35.9 Å². The first-order chi connectivity index (χ1) is 14.5. The van der Waals surface area contributed by atoms with E-state index >= 15 is 0 Å². The van der Waals surface area contributed by atoms with Crippen LogP contribution in [0, 0.1) is 0 Å². The Labute approximate surface area is 182 Å². The van der Waals surface area contributed by atoms with Crippen LogP contribution in [0.15, 0.2) is 71.9 Å². The van der Waals surface area contributed by atoms with Gasteiger partial charge in [-0.05, 0) is 47.5 Å². The molecule has 3 rings (SSSR count). The van der Waals surface area contributed by atoms with E-state index in [1.54, 1.807) is 67.2 Å². The van der Waals surface area contributed by atoms with Crippen LogP contribution in [0.2, 0.25) is 5.02 Å². The minimum absolute atomic E-state index is 0.0805. The van der Waals surface area contributed by atoms with Gasteiger partial charge in [0.1, 0.15) is 11.4 Å². The first-order valence-electron chi connectivity index (χ1n) is 8.85. The zero-order valence-corrected chi connectivity index (χ0v) is 17.5. The number of amides is 2. The molecule has 152 valence electrons. The molecule has 0 aliphatic heterocycles. The first kappa shape index (κ1) is 21.3. The van der Waals surface area contributed by atoms with Crippen LogP contribution in [0.25, 0.3) is 12.2 Å². The number of aromatic nitrogens is 1. The SMILES string of the molecule is COc1ccc(/C=C/C(=O)N/C(=C\c2ccc(Cl)cc2)C(=O)Nc2nccs2)cc1. The number of methoxy groups -OCH3 is 1. The van der Waals surface area contributed by atoms with Crippen LogP contribution in [-0.4, -0.2) is 23.9 Å². The van der Waals surface area contributed by atoms with Crippen molar-refractivity contribution in [2.75, 3.05) is 12.4 Å². The van der Waals surface area contributed by atoms with Crippen LogP contribution in [0.1, 0.15) is 11.1 Å². The highest BCUT2D eigenvalue weighted by Crippen LogP contribution is 2.15. The maximum absolute atomic E-state index is 12.7. The number of rotatable bonds is 7. The molecule has 0 aliphatic rings. The molecule has 0 saturated carbocycles. The maximum atomic E-state index is 12.7. The summed E-state index contributed by atoms with van der Waals surface area (Å²) in [5.41, 5.74) is 1.61. The number of carbonyl (C=O) groups is 2. The number of hydrogen-bond donors (Lipinski definition) is 2. The zero-order chi connectivity index (χ0) is 21.3. The average molecular weight is 440 g/mol. The van der Waals surface area contributed by atoms with E-state index in [4.69, 9.17) is 16.3 Å². The van der Waals surface area contributed by atoms with Crippen LogP contribution in [0.4, 0.5) is 5.13 Å². The van der Waals surface area contributed by atoms with E-state index in [0.717, 1.165) is 11.3 Å². The van der Waals surface area contributed by atoms with E-state index in [1.807, 2.05) is 12.1 Å². The lowest BCUT2D eigenvalue weighted by molar-refractivity contribution is -0.118. The summed E-state index contributed by atoms with van der Waals surface area (Å²) >= 11 is 7.20. The summed E-state index contributed by atoms with van der Waals surface area (Å²) < 4.78 is 5.11. The molecule has 0 radical (unpaired) electrons. The molecule has 0 aliphatic carbocycles. The largest absolute Gasteiger partial charge is 0.497 e. The fraction of sp³-hybridized carbons (Fsp3) is 0.0455. The second kappa shape index (κ2) is 10.4. The lowest BCUT2D eigenvalue weighted by Crippen LogP contribution is -2.29. The predicted octanol–water partition coefficient (Wildman–Crippen LogP) is 4.61. The molecule has 0 spiro atoms. The number of nitrogens with one attached hydrogen (secondary N) is 2. The summed E-state index contributed by atoms with van der Waals surface area (Å²) in [4.78, 5) is 29.1. The molecule has 8 heteroatoms. The summed E-state index contributed by atoms with van der Waals surface area (Å²) in [5.74, 6) is -0.199. The normalized spacial score (nSPS) is 11.3. The van der Waals surface area contributed by atoms with Crippen molar-refractivity contribution in [1.29, 1.82) is 0 Å². The molecular formula is C22H18ClN3O3S. The highest BCUT2D eigenvalue weighted by Gasteiger charge is 2.13. The van der Waals surface area contributed by atoms with Gasteiger partial charge < -0.3 is 10.1 Å². The maximum Gasteiger partial charge on any atom is 0.273 e. The summed E-state index contributed by atoms with van der Waals surface area (Å²) in [5, 5.41) is 8.05. The Morgan fingerprint density at radius 3 is 2.40 bits per heavy atom. The molecule has 1 heterocycles. The molecule has 2 N–H and O–H groups in total. The van der Waals surface area contributed by atoms with Crippen LogP contribution >= 0.6 is 22.9 Å². The second-order valence-electron chi connectivity index (χ2n) is 6.00. The van der Waals surface area contributed by atoms with Crippen molar-refractivity contribution in [3.05, 3.63) is 88.0 Å². The number of thiazole rings is 1. The number of ether oxygens (including phenoxy) is 1. The van der Waals surface area contributed by atoms with E-state index in [2.05, 4.69) is 15.6 Å². The minimum Gasteiger partial charge on any atom is -0.497 e. The molecule has 30 heavy (non-hydrogen) atoms. The quantitative estimate of drug-likeness (QED) is 0.526. The van der Waals surface area contributed by atoms with Gasteiger partial charge >= 0.3 is 0 Å². The topological polar surface area (TPSA) is 80.3 Å². The van der Waals surface area contributed by atoms with Crippen LogP contribution in [-0.2, 0) is 9.59 Å². The van der Waals surface area contributed by atoms with Gasteiger partial charge in [-0.15, -0.1) is 11.3 Å².